The molecule has 0 saturated carbocycles. The molecule has 0 aliphatic carbocycles. The van der Waals surface area contributed by atoms with Gasteiger partial charge in [-0.05, 0) is 27.8 Å². The third-order valence-corrected chi connectivity index (χ3v) is 11.1. The smallest absolute Gasteiger partial charge is 0.407 e. The standard InChI is InChI=1S/C43H48N4O19S2/c44-47-46-33-35(59-24-29-15-7-2-8-16-29)34(58-23-28-13-5-1-6-14-28)32(27-62-67(51,52)53)63-41(33)64-37-36(60-25-30-17-9-3-10-18-30)39(66-68(54,55)56)42(65-38(37)40(48)49)57-22-21-45-43(50)61-26-31-19-11-4-12-20-31/h1-20,32-39,41-42H,21-27H2,(H,45,50)(H,48,49)(H,51,52,53)(H,54,55,56)/t32-,33-,34-,35-,36+,37+,38+,39-,41-,42-/m1/s1. The number of carbonyl (C=O) groups is 2. The Hall–Kier alpha value is -5.61. The number of azide groups is 1. The molecule has 0 radical (unpaired) electrons. The third kappa shape index (κ3) is 16.0. The highest BCUT2D eigenvalue weighted by Crippen LogP contribution is 2.36. The Labute approximate surface area is 390 Å². The minimum atomic E-state index is -5.44. The number of nitrogens with one attached hydrogen (secondary N) is 1. The van der Waals surface area contributed by atoms with Gasteiger partial charge in [-0.2, -0.15) is 16.8 Å². The number of aliphatic carboxylic acids is 1. The van der Waals surface area contributed by atoms with E-state index in [0.29, 0.717) is 22.3 Å². The predicted molar refractivity (Wildman–Crippen MR) is 232 cm³/mol. The van der Waals surface area contributed by atoms with Crippen molar-refractivity contribution < 1.29 is 86.9 Å². The van der Waals surface area contributed by atoms with Crippen LogP contribution in [0.5, 0.6) is 0 Å². The van der Waals surface area contributed by atoms with Gasteiger partial charge in [-0.1, -0.05) is 126 Å². The number of carboxylic acids is 1. The van der Waals surface area contributed by atoms with Gasteiger partial charge >= 0.3 is 32.9 Å². The number of carboxylic acid groups (broad SMARTS) is 1. The molecule has 2 heterocycles. The number of nitrogens with zero attached hydrogens (tertiary/aromatic N) is 3. The van der Waals surface area contributed by atoms with Gasteiger partial charge in [-0.3, -0.25) is 9.11 Å². The Bertz CT molecular complexity index is 2480. The summed E-state index contributed by atoms with van der Waals surface area (Å²) in [5.41, 5.74) is 12.4. The van der Waals surface area contributed by atoms with E-state index in [1.165, 1.54) is 0 Å². The highest BCUT2D eigenvalue weighted by atomic mass is 32.3. The number of benzene rings is 4. The molecule has 2 fully saturated rings. The number of ether oxygens (including phenoxy) is 8. The molecule has 68 heavy (non-hydrogen) atoms. The maximum absolute atomic E-state index is 13.2. The summed E-state index contributed by atoms with van der Waals surface area (Å²) < 4.78 is 126. The number of carbonyl (C=O) groups excluding carboxylic acids is 1. The van der Waals surface area contributed by atoms with Crippen LogP contribution in [0.2, 0.25) is 0 Å². The molecule has 6 rings (SSSR count). The second-order valence-electron chi connectivity index (χ2n) is 14.9. The minimum absolute atomic E-state index is 0.0630. The molecule has 2 aliphatic heterocycles. The van der Waals surface area contributed by atoms with Gasteiger partial charge in [0.1, 0.15) is 43.2 Å². The van der Waals surface area contributed by atoms with Crippen molar-refractivity contribution in [3.05, 3.63) is 154 Å². The monoisotopic (exact) mass is 988 g/mol. The van der Waals surface area contributed by atoms with Gasteiger partial charge in [0.2, 0.25) is 0 Å². The minimum Gasteiger partial charge on any atom is -0.479 e. The molecule has 4 aromatic rings. The molecule has 4 N–H and O–H groups in total. The van der Waals surface area contributed by atoms with Crippen LogP contribution in [0, 0.1) is 0 Å². The van der Waals surface area contributed by atoms with Crippen molar-refractivity contribution in [1.29, 1.82) is 0 Å². The molecule has 10 atom stereocenters. The van der Waals surface area contributed by atoms with Crippen LogP contribution in [-0.2, 0) is 98.3 Å². The molecule has 0 unspecified atom stereocenters. The van der Waals surface area contributed by atoms with Gasteiger partial charge in [-0.25, -0.2) is 18.0 Å². The molecule has 0 aromatic heterocycles. The Morgan fingerprint density at radius 3 is 1.62 bits per heavy atom. The molecule has 23 nitrogen and oxygen atoms in total. The molecular weight excluding hydrogens is 941 g/mol. The molecule has 1 amide bonds. The quantitative estimate of drug-likeness (QED) is 0.0250. The van der Waals surface area contributed by atoms with Crippen LogP contribution < -0.4 is 5.32 Å². The van der Waals surface area contributed by atoms with E-state index in [-0.39, 0.29) is 33.0 Å². The van der Waals surface area contributed by atoms with Crippen molar-refractivity contribution in [2.45, 2.75) is 87.8 Å². The summed E-state index contributed by atoms with van der Waals surface area (Å²) in [6, 6.07) is 32.8. The van der Waals surface area contributed by atoms with Crippen molar-refractivity contribution in [2.75, 3.05) is 19.8 Å². The Balaban J connectivity index is 1.33. The molecule has 4 aromatic carbocycles. The van der Waals surface area contributed by atoms with E-state index < -0.39 is 107 Å². The second-order valence-corrected chi connectivity index (χ2v) is 17.1. The molecule has 2 aliphatic rings. The van der Waals surface area contributed by atoms with Gasteiger partial charge in [-0.15, -0.1) is 0 Å². The molecule has 0 bridgehead atoms. The van der Waals surface area contributed by atoms with Gasteiger partial charge in [0.15, 0.2) is 24.8 Å². The largest absolute Gasteiger partial charge is 0.479 e. The summed E-state index contributed by atoms with van der Waals surface area (Å²) in [7, 11) is -10.6. The lowest BCUT2D eigenvalue weighted by Gasteiger charge is -2.48. The van der Waals surface area contributed by atoms with Crippen molar-refractivity contribution in [2.24, 2.45) is 5.11 Å². The van der Waals surface area contributed by atoms with Gasteiger partial charge in [0.25, 0.3) is 0 Å². The fourth-order valence-electron chi connectivity index (χ4n) is 7.15. The fraction of sp³-hybridized carbons (Fsp3) is 0.395. The lowest BCUT2D eigenvalue weighted by atomic mass is 9.95. The van der Waals surface area contributed by atoms with Crippen LogP contribution in [0.4, 0.5) is 4.79 Å². The summed E-state index contributed by atoms with van der Waals surface area (Å²) in [5.74, 6) is -1.73. The first-order valence-electron chi connectivity index (χ1n) is 20.7. The van der Waals surface area contributed by atoms with E-state index in [1.807, 2.05) is 0 Å². The Morgan fingerprint density at radius 2 is 1.13 bits per heavy atom. The normalized spacial score (nSPS) is 25.1. The molecule has 25 heteroatoms. The number of hydrogen-bond donors (Lipinski definition) is 4. The predicted octanol–water partition coefficient (Wildman–Crippen LogP) is 4.29. The number of alkyl carbamates (subject to hydrolysis) is 1. The highest BCUT2D eigenvalue weighted by Gasteiger charge is 2.56. The van der Waals surface area contributed by atoms with E-state index >= 15 is 0 Å². The number of amides is 1. The maximum atomic E-state index is 13.2. The average molecular weight is 989 g/mol. The summed E-state index contributed by atoms with van der Waals surface area (Å²) in [5, 5.41) is 17.0. The molecular formula is C43H48N4O19S2. The Morgan fingerprint density at radius 1 is 0.632 bits per heavy atom. The van der Waals surface area contributed by atoms with Crippen LogP contribution in [0.25, 0.3) is 10.4 Å². The van der Waals surface area contributed by atoms with E-state index in [9.17, 15) is 46.2 Å². The third-order valence-electron chi connectivity index (χ3n) is 10.2. The lowest BCUT2D eigenvalue weighted by molar-refractivity contribution is -0.345. The van der Waals surface area contributed by atoms with Crippen molar-refractivity contribution >= 4 is 32.9 Å². The molecule has 0 spiro atoms. The van der Waals surface area contributed by atoms with E-state index in [2.05, 4.69) is 15.3 Å². The van der Waals surface area contributed by atoms with Gasteiger partial charge in [0.05, 0.1) is 33.0 Å². The van der Waals surface area contributed by atoms with Gasteiger partial charge < -0.3 is 48.3 Å². The van der Waals surface area contributed by atoms with E-state index in [1.54, 1.807) is 121 Å². The summed E-state index contributed by atoms with van der Waals surface area (Å²) in [6.45, 7) is -2.43. The fourth-order valence-corrected chi connectivity index (χ4v) is 7.94. The van der Waals surface area contributed by atoms with Crippen LogP contribution in [0.3, 0.4) is 0 Å². The van der Waals surface area contributed by atoms with Crippen LogP contribution in [0.15, 0.2) is 126 Å². The van der Waals surface area contributed by atoms with Crippen molar-refractivity contribution in [1.82, 2.24) is 5.32 Å². The van der Waals surface area contributed by atoms with E-state index in [0.717, 1.165) is 0 Å². The lowest BCUT2D eigenvalue weighted by Crippen LogP contribution is -2.66. The number of hydrogen-bond acceptors (Lipinski definition) is 17. The molecule has 2 saturated heterocycles. The summed E-state index contributed by atoms with van der Waals surface area (Å²) in [6.07, 6.45) is -17.3. The summed E-state index contributed by atoms with van der Waals surface area (Å²) in [4.78, 5) is 28.6. The Kier molecular flexibility index (Phi) is 19.1. The maximum Gasteiger partial charge on any atom is 0.407 e. The zero-order valence-electron chi connectivity index (χ0n) is 35.8. The number of rotatable bonds is 24. The van der Waals surface area contributed by atoms with Crippen LogP contribution in [0.1, 0.15) is 22.3 Å². The highest BCUT2D eigenvalue weighted by molar-refractivity contribution is 7.81. The average Bonchev–Trinajstić information content (AvgIpc) is 3.32. The van der Waals surface area contributed by atoms with Crippen LogP contribution >= 0.6 is 0 Å². The zero-order chi connectivity index (χ0) is 48.5. The van der Waals surface area contributed by atoms with Crippen molar-refractivity contribution in [3.8, 4) is 0 Å². The zero-order valence-corrected chi connectivity index (χ0v) is 37.4. The van der Waals surface area contributed by atoms with Gasteiger partial charge in [0, 0.05) is 11.5 Å². The topological polar surface area (TPSA) is 316 Å². The van der Waals surface area contributed by atoms with Crippen LogP contribution in [-0.4, -0.2) is 124 Å². The first-order valence-corrected chi connectivity index (χ1v) is 23.4. The first-order chi connectivity index (χ1) is 32.7. The summed E-state index contributed by atoms with van der Waals surface area (Å²) >= 11 is 0. The second kappa shape index (κ2) is 25.1. The van der Waals surface area contributed by atoms with Crippen molar-refractivity contribution in [3.63, 3.8) is 0 Å². The van der Waals surface area contributed by atoms with E-state index in [4.69, 9.17) is 46.3 Å². The molecule has 366 valence electrons. The first kappa shape index (κ1) is 51.8. The SMILES string of the molecule is [N-]=[N+]=N[C@H]1[C@@H](O[C@H]2[C@H](OCc3ccccc3)[C@@H](OS(=O)(=O)O)[C@H](OCCNC(=O)OCc3ccccc3)O[C@@H]2C(=O)O)O[C@H](COS(=O)(=O)O)[C@@H](OCc2ccccc2)[C@@H]1OCc1ccccc1.